The lowest BCUT2D eigenvalue weighted by molar-refractivity contribution is -0.195. The van der Waals surface area contributed by atoms with Crippen molar-refractivity contribution in [2.45, 2.75) is 155 Å². The summed E-state index contributed by atoms with van der Waals surface area (Å²) >= 11 is 0. The number of ether oxygens (including phenoxy) is 8. The van der Waals surface area contributed by atoms with Gasteiger partial charge in [0.15, 0.2) is 41.7 Å². The van der Waals surface area contributed by atoms with Crippen molar-refractivity contribution in [2.75, 3.05) is 49.0 Å². The average molecular weight is 1130 g/mol. The molecule has 4 aromatic rings. The largest absolute Gasteiger partial charge is 0.493 e. The zero-order valence-electron chi connectivity index (χ0n) is 47.8. The number of carbonyl (C=O) groups excluding carboxylic acids is 6. The first-order valence-corrected chi connectivity index (χ1v) is 28.0. The van der Waals surface area contributed by atoms with Crippen molar-refractivity contribution in [3.8, 4) is 23.0 Å². The number of fused-ring (bicyclic) bond motifs is 4. The molecule has 440 valence electrons. The molecule has 0 bridgehead atoms. The second-order valence-corrected chi connectivity index (χ2v) is 22.6. The molecule has 4 aromatic carbocycles. The third-order valence-electron chi connectivity index (χ3n) is 15.2. The molecule has 6 amide bonds. The van der Waals surface area contributed by atoms with Gasteiger partial charge in [-0.15, -0.1) is 0 Å². The molecule has 5 heterocycles. The van der Waals surface area contributed by atoms with Crippen molar-refractivity contribution in [3.05, 3.63) is 101 Å². The Morgan fingerprint density at radius 3 is 1.84 bits per heavy atom. The Bertz CT molecular complexity index is 3020. The molecule has 1 unspecified atom stereocenters. The van der Waals surface area contributed by atoms with Gasteiger partial charge in [0.1, 0.15) is 31.5 Å². The van der Waals surface area contributed by atoms with E-state index in [-0.39, 0.29) is 77.1 Å². The quantitative estimate of drug-likeness (QED) is 0.0793. The van der Waals surface area contributed by atoms with Crippen LogP contribution in [0.2, 0.25) is 0 Å². The Morgan fingerprint density at radius 1 is 0.695 bits per heavy atom. The number of nitrogens with two attached hydrogens (primary N) is 1. The van der Waals surface area contributed by atoms with Crippen LogP contribution in [-0.2, 0) is 48.4 Å². The summed E-state index contributed by atoms with van der Waals surface area (Å²) < 4.78 is 49.0. The molecule has 0 saturated carbocycles. The number of nitrogens with zero attached hydrogens (tertiary/aromatic N) is 4. The van der Waals surface area contributed by atoms with E-state index in [4.69, 9.17) is 43.6 Å². The standard InChI is InChI=1S/C60H75N7O15/c1-34(2)51(61)53(69)62-35(3)52(68)63-39-21-19-36(20-22-39)31-80-58(73)66-44-29-48(46(75-7)27-40(44)54(70)64-23-12-16-42(64)56(66)72)78-32-37-14-11-15-38(26-37)33-79-49-30-45-41(28-47(49)76-8)55(71)65-24-13-17-43(65)57(81-50-18-9-10-25-77-50)67(45)59(74)82-60(4,5)6/h11,14-15,19-22,26-30,34-35,42-43,50-51,56-57,72H,9-10,12-13,16-18,23-25,31-33,61H2,1-8H3,(H,62,69)(H,63,68)/t35-,42-,43-,50?,51-,56-,57-/m0/s1. The average Bonchev–Trinajstić information content (AvgIpc) is 3.85. The maximum Gasteiger partial charge on any atom is 0.417 e. The zero-order chi connectivity index (χ0) is 58.6. The number of amides is 6. The van der Waals surface area contributed by atoms with Crippen molar-refractivity contribution in [2.24, 2.45) is 11.7 Å². The Morgan fingerprint density at radius 2 is 1.28 bits per heavy atom. The minimum atomic E-state index is -1.48. The molecule has 22 heteroatoms. The van der Waals surface area contributed by atoms with E-state index < -0.39 is 78.4 Å². The predicted octanol–water partition coefficient (Wildman–Crippen LogP) is 7.60. The molecule has 0 aromatic heterocycles. The second-order valence-electron chi connectivity index (χ2n) is 22.6. The number of anilines is 3. The van der Waals surface area contributed by atoms with E-state index in [1.807, 2.05) is 38.1 Å². The third kappa shape index (κ3) is 13.0. The molecule has 5 aliphatic rings. The Kier molecular flexibility index (Phi) is 18.1. The lowest BCUT2D eigenvalue weighted by atomic mass is 10.0. The van der Waals surface area contributed by atoms with Crippen LogP contribution in [0, 0.1) is 5.92 Å². The van der Waals surface area contributed by atoms with Gasteiger partial charge in [0.05, 0.1) is 54.8 Å². The molecule has 5 N–H and O–H groups in total. The fourth-order valence-electron chi connectivity index (χ4n) is 10.8. The molecule has 22 nitrogen and oxygen atoms in total. The number of hydrogen-bond donors (Lipinski definition) is 4. The van der Waals surface area contributed by atoms with Gasteiger partial charge in [-0.25, -0.2) is 19.4 Å². The van der Waals surface area contributed by atoms with Gasteiger partial charge in [-0.2, -0.15) is 0 Å². The van der Waals surface area contributed by atoms with E-state index in [0.29, 0.717) is 62.2 Å². The summed E-state index contributed by atoms with van der Waals surface area (Å²) in [6.07, 6.45) is 0.254. The van der Waals surface area contributed by atoms with Crippen LogP contribution < -0.4 is 45.1 Å². The van der Waals surface area contributed by atoms with Crippen LogP contribution in [0.25, 0.3) is 0 Å². The van der Waals surface area contributed by atoms with Crippen molar-refractivity contribution in [3.63, 3.8) is 0 Å². The van der Waals surface area contributed by atoms with Crippen molar-refractivity contribution >= 4 is 52.9 Å². The molecular formula is C60H75N7O15. The fraction of sp³-hybridized carbons (Fsp3) is 0.500. The van der Waals surface area contributed by atoms with Crippen LogP contribution in [0.15, 0.2) is 72.8 Å². The van der Waals surface area contributed by atoms with Crippen LogP contribution >= 0.6 is 0 Å². The first kappa shape index (κ1) is 59.0. The van der Waals surface area contributed by atoms with Crippen molar-refractivity contribution < 1.29 is 71.8 Å². The van der Waals surface area contributed by atoms with Gasteiger partial charge in [-0.1, -0.05) is 44.2 Å². The highest BCUT2D eigenvalue weighted by Gasteiger charge is 2.49. The fourth-order valence-corrected chi connectivity index (χ4v) is 10.8. The van der Waals surface area contributed by atoms with E-state index >= 15 is 0 Å². The van der Waals surface area contributed by atoms with Crippen LogP contribution in [0.4, 0.5) is 26.7 Å². The normalized spacial score (nSPS) is 21.2. The maximum atomic E-state index is 14.4. The number of aliphatic hydroxyl groups is 1. The highest BCUT2D eigenvalue weighted by Crippen LogP contribution is 2.45. The predicted molar refractivity (Wildman–Crippen MR) is 301 cm³/mol. The number of methoxy groups -OCH3 is 2. The summed E-state index contributed by atoms with van der Waals surface area (Å²) in [5.74, 6) is -0.733. The number of benzene rings is 4. The first-order valence-electron chi connectivity index (χ1n) is 28.0. The lowest BCUT2D eigenvalue weighted by Gasteiger charge is -2.39. The van der Waals surface area contributed by atoms with Gasteiger partial charge in [0.2, 0.25) is 11.8 Å². The molecule has 9 rings (SSSR count). The summed E-state index contributed by atoms with van der Waals surface area (Å²) in [4.78, 5) is 88.4. The summed E-state index contributed by atoms with van der Waals surface area (Å²) in [6, 6.07) is 17.4. The van der Waals surface area contributed by atoms with Crippen LogP contribution in [-0.4, -0.2) is 133 Å². The molecule has 3 saturated heterocycles. The number of carbonyl (C=O) groups is 6. The summed E-state index contributed by atoms with van der Waals surface area (Å²) in [5.41, 5.74) is 8.16. The molecule has 82 heavy (non-hydrogen) atoms. The highest BCUT2D eigenvalue weighted by molar-refractivity contribution is 6.07. The van der Waals surface area contributed by atoms with Crippen LogP contribution in [0.1, 0.15) is 124 Å². The molecule has 0 radical (unpaired) electrons. The molecule has 0 aliphatic carbocycles. The van der Waals surface area contributed by atoms with Gasteiger partial charge in [0.25, 0.3) is 11.8 Å². The van der Waals surface area contributed by atoms with E-state index in [9.17, 15) is 33.9 Å². The maximum absolute atomic E-state index is 14.4. The topological polar surface area (TPSA) is 260 Å². The SMILES string of the molecule is COc1cc2c(cc1OCc1cccc(COc3cc4c(cc3OC)C(=O)N3CCC[C@H]3[C@H](OC3CCCCO3)N4C(=O)OC(C)(C)C)c1)N(C(=O)OCc1ccc(NC(=O)[C@H](C)NC(=O)[C@@H](N)C(C)C)cc1)[C@@H](O)[C@@H]1CCCN1C2=O. The number of aliphatic hydroxyl groups excluding tert-OH is 1. The van der Waals surface area contributed by atoms with Gasteiger partial charge < -0.3 is 69.2 Å². The Hall–Kier alpha value is -7.66. The summed E-state index contributed by atoms with van der Waals surface area (Å²) in [7, 11) is 2.92. The molecule has 5 aliphatic heterocycles. The van der Waals surface area contributed by atoms with Crippen LogP contribution in [0.5, 0.6) is 23.0 Å². The molecule has 7 atom stereocenters. The molecule has 3 fully saturated rings. The highest BCUT2D eigenvalue weighted by atomic mass is 16.7. The zero-order valence-corrected chi connectivity index (χ0v) is 47.8. The molecular weight excluding hydrogens is 1060 g/mol. The van der Waals surface area contributed by atoms with E-state index in [1.54, 1.807) is 73.9 Å². The van der Waals surface area contributed by atoms with Crippen LogP contribution in [0.3, 0.4) is 0 Å². The minimum absolute atomic E-state index is 0.00608. The van der Waals surface area contributed by atoms with Gasteiger partial charge in [-0.05, 0) is 126 Å². The van der Waals surface area contributed by atoms with E-state index in [2.05, 4.69) is 10.6 Å². The molecule has 0 spiro atoms. The number of nitrogens with one attached hydrogen (secondary N) is 2. The van der Waals surface area contributed by atoms with Crippen molar-refractivity contribution in [1.29, 1.82) is 0 Å². The lowest BCUT2D eigenvalue weighted by Crippen LogP contribution is -2.54. The van der Waals surface area contributed by atoms with Gasteiger partial charge in [0, 0.05) is 37.5 Å². The minimum Gasteiger partial charge on any atom is -0.493 e. The van der Waals surface area contributed by atoms with E-state index in [1.165, 1.54) is 31.3 Å². The summed E-state index contributed by atoms with van der Waals surface area (Å²) in [6.45, 7) is 11.7. The Labute approximate surface area is 477 Å². The number of hydrogen-bond acceptors (Lipinski definition) is 16. The Balaban J connectivity index is 0.918. The van der Waals surface area contributed by atoms with E-state index in [0.717, 1.165) is 29.7 Å². The first-order chi connectivity index (χ1) is 39.2. The third-order valence-corrected chi connectivity index (χ3v) is 15.2. The smallest absolute Gasteiger partial charge is 0.417 e. The summed E-state index contributed by atoms with van der Waals surface area (Å²) in [5, 5.41) is 17.3. The monoisotopic (exact) mass is 1130 g/mol. The van der Waals surface area contributed by atoms with Gasteiger partial charge >= 0.3 is 12.2 Å². The number of rotatable bonds is 17. The second kappa shape index (κ2) is 25.2. The van der Waals surface area contributed by atoms with Gasteiger partial charge in [-0.3, -0.25) is 19.2 Å². The van der Waals surface area contributed by atoms with Crippen molar-refractivity contribution in [1.82, 2.24) is 15.1 Å².